The zero-order valence-corrected chi connectivity index (χ0v) is 15.3. The number of nitrogens with one attached hydrogen (secondary N) is 1. The van der Waals surface area contributed by atoms with Crippen LogP contribution in [-0.2, 0) is 22.5 Å². The molecule has 0 bridgehead atoms. The molecule has 5 heteroatoms. The zero-order valence-electron chi connectivity index (χ0n) is 15.3. The van der Waals surface area contributed by atoms with Gasteiger partial charge in [0.15, 0.2) is 0 Å². The molecule has 1 aliphatic rings. The van der Waals surface area contributed by atoms with Crippen molar-refractivity contribution in [2.75, 3.05) is 12.4 Å². The van der Waals surface area contributed by atoms with Crippen LogP contribution >= 0.6 is 0 Å². The smallest absolute Gasteiger partial charge is 0.252 e. The van der Waals surface area contributed by atoms with E-state index in [9.17, 15) is 4.79 Å². The van der Waals surface area contributed by atoms with Crippen LogP contribution < -0.4 is 5.32 Å². The average Bonchev–Trinajstić information content (AvgIpc) is 3.18. The van der Waals surface area contributed by atoms with Gasteiger partial charge in [-0.15, -0.1) is 0 Å². The molecule has 1 heterocycles. The number of amides is 1. The van der Waals surface area contributed by atoms with Gasteiger partial charge < -0.3 is 10.1 Å². The summed E-state index contributed by atoms with van der Waals surface area (Å²) in [5.74, 6) is -0.0505. The molecule has 3 rings (SSSR count). The van der Waals surface area contributed by atoms with Gasteiger partial charge in [-0.1, -0.05) is 24.3 Å². The van der Waals surface area contributed by atoms with Crippen molar-refractivity contribution in [3.05, 3.63) is 53.4 Å². The minimum Gasteiger partial charge on any atom is -0.379 e. The first-order chi connectivity index (χ1) is 11.9. The molecule has 1 aliphatic carbocycles. The molecular weight excluding hydrogens is 314 g/mol. The van der Waals surface area contributed by atoms with Gasteiger partial charge >= 0.3 is 0 Å². The second-order valence-electron chi connectivity index (χ2n) is 7.10. The number of aromatic nitrogens is 2. The van der Waals surface area contributed by atoms with Crippen LogP contribution in [0.2, 0.25) is 0 Å². The Kier molecular flexibility index (Phi) is 4.77. The number of fused-ring (bicyclic) bond motifs is 1. The molecule has 0 fully saturated rings. The van der Waals surface area contributed by atoms with Crippen molar-refractivity contribution in [3.63, 3.8) is 0 Å². The third-order valence-electron chi connectivity index (χ3n) is 4.90. The highest BCUT2D eigenvalue weighted by molar-refractivity contribution is 6.10. The molecule has 1 N–H and O–H groups in total. The number of hydrogen-bond donors (Lipinski definition) is 1. The number of ether oxygens (including phenoxy) is 1. The highest BCUT2D eigenvalue weighted by Crippen LogP contribution is 2.32. The van der Waals surface area contributed by atoms with Crippen LogP contribution in [-0.4, -0.2) is 28.4 Å². The molecule has 0 spiro atoms. The van der Waals surface area contributed by atoms with Crippen molar-refractivity contribution in [3.8, 4) is 0 Å². The fraction of sp³-hybridized carbons (Fsp3) is 0.400. The maximum absolute atomic E-state index is 12.6. The Morgan fingerprint density at radius 2 is 2.12 bits per heavy atom. The molecule has 0 saturated heterocycles. The third-order valence-corrected chi connectivity index (χ3v) is 4.90. The number of nitrogens with zero attached hydrogens (tertiary/aromatic N) is 2. The highest BCUT2D eigenvalue weighted by atomic mass is 16.5. The summed E-state index contributed by atoms with van der Waals surface area (Å²) in [6.07, 6.45) is 5.08. The van der Waals surface area contributed by atoms with Crippen LogP contribution in [0.3, 0.4) is 0 Å². The Labute approximate surface area is 148 Å². The number of hydrogen-bond acceptors (Lipinski definition) is 3. The molecule has 25 heavy (non-hydrogen) atoms. The van der Waals surface area contributed by atoms with Gasteiger partial charge in [0.05, 0.1) is 17.5 Å². The van der Waals surface area contributed by atoms with E-state index >= 15 is 0 Å². The lowest BCUT2D eigenvalue weighted by molar-refractivity contribution is -0.112. The van der Waals surface area contributed by atoms with Gasteiger partial charge in [0, 0.05) is 31.8 Å². The summed E-state index contributed by atoms with van der Waals surface area (Å²) in [6.45, 7) is 6.85. The summed E-state index contributed by atoms with van der Waals surface area (Å²) < 4.78 is 7.26. The van der Waals surface area contributed by atoms with E-state index < -0.39 is 0 Å². The Morgan fingerprint density at radius 1 is 1.36 bits per heavy atom. The number of benzene rings is 1. The lowest BCUT2D eigenvalue weighted by Crippen LogP contribution is -2.24. The predicted molar refractivity (Wildman–Crippen MR) is 99.3 cm³/mol. The van der Waals surface area contributed by atoms with Gasteiger partial charge in [-0.3, -0.25) is 9.48 Å². The van der Waals surface area contributed by atoms with E-state index in [-0.39, 0.29) is 11.5 Å². The number of carbonyl (C=O) groups excluding carboxylic acids is 1. The molecule has 0 radical (unpaired) electrons. The molecule has 2 aromatic rings. The zero-order chi connectivity index (χ0) is 18.0. The van der Waals surface area contributed by atoms with Gasteiger partial charge in [-0.2, -0.15) is 5.10 Å². The quantitative estimate of drug-likeness (QED) is 0.874. The topological polar surface area (TPSA) is 56.1 Å². The van der Waals surface area contributed by atoms with Crippen LogP contribution in [0.5, 0.6) is 0 Å². The molecule has 0 atom stereocenters. The number of aryl methyl sites for hydroxylation is 1. The molecule has 0 unspecified atom stereocenters. The van der Waals surface area contributed by atoms with Crippen molar-refractivity contribution in [1.82, 2.24) is 9.78 Å². The molecule has 5 nitrogen and oxygen atoms in total. The summed E-state index contributed by atoms with van der Waals surface area (Å²) in [4.78, 5) is 12.6. The predicted octanol–water partition coefficient (Wildman–Crippen LogP) is 3.67. The van der Waals surface area contributed by atoms with Gasteiger partial charge in [0.25, 0.3) is 5.91 Å². The van der Waals surface area contributed by atoms with E-state index in [1.165, 1.54) is 11.1 Å². The Morgan fingerprint density at radius 3 is 2.84 bits per heavy atom. The number of methoxy groups -OCH3 is 1. The molecule has 1 amide bonds. The van der Waals surface area contributed by atoms with Crippen molar-refractivity contribution in [1.29, 1.82) is 0 Å². The average molecular weight is 339 g/mol. The molecule has 0 aliphatic heterocycles. The monoisotopic (exact) mass is 339 g/mol. The first kappa shape index (κ1) is 17.4. The standard InChI is InChI=1S/C20H25N3O2/c1-14-17-8-6-5-7-15(17)11-18(14)19(24)22-16-12-21-23(13-16)10-9-20(2,3)25-4/h5-8,12-13H,9-11H2,1-4H3,(H,22,24). The third kappa shape index (κ3) is 3.82. The number of carbonyl (C=O) groups is 1. The summed E-state index contributed by atoms with van der Waals surface area (Å²) >= 11 is 0. The highest BCUT2D eigenvalue weighted by Gasteiger charge is 2.23. The van der Waals surface area contributed by atoms with Gasteiger partial charge in [0.1, 0.15) is 0 Å². The summed E-state index contributed by atoms with van der Waals surface area (Å²) in [7, 11) is 1.71. The summed E-state index contributed by atoms with van der Waals surface area (Å²) in [5.41, 5.74) is 4.80. The Bertz CT molecular complexity index is 818. The Balaban J connectivity index is 1.64. The second kappa shape index (κ2) is 6.84. The van der Waals surface area contributed by atoms with Gasteiger partial charge in [-0.25, -0.2) is 0 Å². The van der Waals surface area contributed by atoms with E-state index in [1.54, 1.807) is 13.3 Å². The lowest BCUT2D eigenvalue weighted by atomic mass is 10.1. The first-order valence-electron chi connectivity index (χ1n) is 8.56. The minimum absolute atomic E-state index is 0.0505. The van der Waals surface area contributed by atoms with Crippen LogP contribution in [0.4, 0.5) is 5.69 Å². The molecule has 1 aromatic carbocycles. The SMILES string of the molecule is COC(C)(C)CCn1cc(NC(=O)C2=C(C)c3ccccc3C2)cn1. The number of allylic oxidation sites excluding steroid dienone is 1. The van der Waals surface area contributed by atoms with Crippen LogP contribution in [0.15, 0.2) is 42.2 Å². The Hall–Kier alpha value is -2.40. The van der Waals surface area contributed by atoms with Crippen LogP contribution in [0.1, 0.15) is 38.3 Å². The maximum Gasteiger partial charge on any atom is 0.252 e. The van der Waals surface area contributed by atoms with Crippen LogP contribution in [0.25, 0.3) is 5.57 Å². The van der Waals surface area contributed by atoms with Gasteiger partial charge in [-0.05, 0) is 43.9 Å². The lowest BCUT2D eigenvalue weighted by Gasteiger charge is -2.22. The largest absolute Gasteiger partial charge is 0.379 e. The van der Waals surface area contributed by atoms with E-state index in [1.807, 2.05) is 43.8 Å². The fourth-order valence-corrected chi connectivity index (χ4v) is 3.02. The van der Waals surface area contributed by atoms with Gasteiger partial charge in [0.2, 0.25) is 0 Å². The van der Waals surface area contributed by atoms with E-state index in [0.717, 1.165) is 29.8 Å². The van der Waals surface area contributed by atoms with E-state index in [4.69, 9.17) is 4.74 Å². The van der Waals surface area contributed by atoms with Crippen molar-refractivity contribution >= 4 is 17.2 Å². The first-order valence-corrected chi connectivity index (χ1v) is 8.56. The number of anilines is 1. The summed E-state index contributed by atoms with van der Waals surface area (Å²) in [5, 5.41) is 7.29. The number of rotatable bonds is 6. The summed E-state index contributed by atoms with van der Waals surface area (Å²) in [6, 6.07) is 8.17. The molecule has 132 valence electrons. The molecule has 1 aromatic heterocycles. The molecular formula is C20H25N3O2. The normalized spacial score (nSPS) is 13.9. The van der Waals surface area contributed by atoms with Crippen molar-refractivity contribution < 1.29 is 9.53 Å². The minimum atomic E-state index is -0.188. The van der Waals surface area contributed by atoms with Crippen molar-refractivity contribution in [2.45, 2.75) is 45.8 Å². The molecule has 0 saturated carbocycles. The second-order valence-corrected chi connectivity index (χ2v) is 7.10. The van der Waals surface area contributed by atoms with Crippen molar-refractivity contribution in [2.24, 2.45) is 0 Å². The van der Waals surface area contributed by atoms with Crippen LogP contribution in [0, 0.1) is 0 Å². The van der Waals surface area contributed by atoms with E-state index in [2.05, 4.69) is 22.5 Å². The van der Waals surface area contributed by atoms with E-state index in [0.29, 0.717) is 6.42 Å². The fourth-order valence-electron chi connectivity index (χ4n) is 3.02. The maximum atomic E-state index is 12.6.